The molecular weight excluding hydrogens is 286 g/mol. The zero-order valence-electron chi connectivity index (χ0n) is 12.3. The predicted octanol–water partition coefficient (Wildman–Crippen LogP) is 5.61. The van der Waals surface area contributed by atoms with E-state index in [1.165, 1.54) is 22.4 Å². The van der Waals surface area contributed by atoms with Gasteiger partial charge in [-0.05, 0) is 42.1 Å². The number of hydrogen-bond donors (Lipinski definition) is 1. The van der Waals surface area contributed by atoms with Crippen molar-refractivity contribution in [3.8, 4) is 0 Å². The molecule has 1 aromatic heterocycles. The second-order valence-corrected chi connectivity index (χ2v) is 6.86. The van der Waals surface area contributed by atoms with Crippen LogP contribution in [-0.4, -0.2) is 6.54 Å². The maximum absolute atomic E-state index is 6.07. The Morgan fingerprint density at radius 1 is 1.05 bits per heavy atom. The largest absolute Gasteiger partial charge is 0.306 e. The van der Waals surface area contributed by atoms with Gasteiger partial charge >= 0.3 is 0 Å². The van der Waals surface area contributed by atoms with Crippen LogP contribution in [-0.2, 0) is 0 Å². The average Bonchev–Trinajstić information content (AvgIpc) is 2.90. The summed E-state index contributed by atoms with van der Waals surface area (Å²) in [4.78, 5) is 1.27. The molecule has 108 valence electrons. The van der Waals surface area contributed by atoms with E-state index in [0.717, 1.165) is 10.9 Å². The molecule has 0 saturated carbocycles. The summed E-state index contributed by atoms with van der Waals surface area (Å²) in [5.41, 5.74) is 2.72. The van der Waals surface area contributed by atoms with Crippen LogP contribution in [0.2, 0.25) is 4.34 Å². The summed E-state index contributed by atoms with van der Waals surface area (Å²) >= 11 is 7.72. The lowest BCUT2D eigenvalue weighted by Gasteiger charge is -2.18. The molecule has 0 saturated heterocycles. The molecule has 0 fully saturated rings. The molecule has 20 heavy (non-hydrogen) atoms. The Hall–Kier alpha value is -0.830. The highest BCUT2D eigenvalue weighted by atomic mass is 35.5. The van der Waals surface area contributed by atoms with E-state index in [1.54, 1.807) is 11.3 Å². The first kappa shape index (κ1) is 15.6. The van der Waals surface area contributed by atoms with Crippen LogP contribution in [0.5, 0.6) is 0 Å². The quantitative estimate of drug-likeness (QED) is 0.731. The van der Waals surface area contributed by atoms with Crippen molar-refractivity contribution in [1.29, 1.82) is 0 Å². The van der Waals surface area contributed by atoms with Crippen molar-refractivity contribution in [1.82, 2.24) is 5.32 Å². The Balaban J connectivity index is 2.25. The molecule has 0 spiro atoms. The summed E-state index contributed by atoms with van der Waals surface area (Å²) < 4.78 is 0.846. The van der Waals surface area contributed by atoms with E-state index in [1.807, 2.05) is 6.07 Å². The average molecular weight is 308 g/mol. The van der Waals surface area contributed by atoms with Gasteiger partial charge in [0.25, 0.3) is 0 Å². The molecule has 1 nitrogen and oxygen atoms in total. The van der Waals surface area contributed by atoms with E-state index in [4.69, 9.17) is 11.6 Å². The SMILES string of the molecule is CCNC(c1ccc(C(C)CC)cc1)c1ccc(Cl)s1. The van der Waals surface area contributed by atoms with Gasteiger partial charge in [0.2, 0.25) is 0 Å². The molecule has 0 aliphatic carbocycles. The molecule has 0 amide bonds. The van der Waals surface area contributed by atoms with E-state index in [2.05, 4.69) is 56.4 Å². The van der Waals surface area contributed by atoms with Crippen LogP contribution in [0.1, 0.15) is 55.2 Å². The van der Waals surface area contributed by atoms with Gasteiger partial charge in [-0.15, -0.1) is 11.3 Å². The van der Waals surface area contributed by atoms with Gasteiger partial charge in [-0.3, -0.25) is 0 Å². The number of benzene rings is 1. The summed E-state index contributed by atoms with van der Waals surface area (Å²) in [6.45, 7) is 7.58. The fourth-order valence-electron chi connectivity index (χ4n) is 2.32. The number of thiophene rings is 1. The van der Waals surface area contributed by atoms with Crippen LogP contribution in [0, 0.1) is 0 Å². The lowest BCUT2D eigenvalue weighted by atomic mass is 9.95. The molecular formula is C17H22ClNS. The predicted molar refractivity (Wildman–Crippen MR) is 90.0 cm³/mol. The van der Waals surface area contributed by atoms with Crippen molar-refractivity contribution < 1.29 is 0 Å². The maximum Gasteiger partial charge on any atom is 0.0931 e. The molecule has 2 rings (SSSR count). The molecule has 2 unspecified atom stereocenters. The second kappa shape index (κ2) is 7.26. The van der Waals surface area contributed by atoms with Crippen molar-refractivity contribution in [3.63, 3.8) is 0 Å². The van der Waals surface area contributed by atoms with E-state index >= 15 is 0 Å². The smallest absolute Gasteiger partial charge is 0.0931 e. The third-order valence-corrected chi connectivity index (χ3v) is 5.03. The summed E-state index contributed by atoms with van der Waals surface area (Å²) in [7, 11) is 0. The van der Waals surface area contributed by atoms with Gasteiger partial charge in [-0.1, -0.05) is 56.6 Å². The lowest BCUT2D eigenvalue weighted by Crippen LogP contribution is -2.21. The Labute approximate surface area is 131 Å². The van der Waals surface area contributed by atoms with Gasteiger partial charge in [-0.25, -0.2) is 0 Å². The Morgan fingerprint density at radius 2 is 1.70 bits per heavy atom. The fourth-order valence-corrected chi connectivity index (χ4v) is 3.49. The molecule has 2 aromatic rings. The number of halogens is 1. The molecule has 0 aliphatic heterocycles. The minimum Gasteiger partial charge on any atom is -0.306 e. The molecule has 1 aromatic carbocycles. The van der Waals surface area contributed by atoms with E-state index in [0.29, 0.717) is 5.92 Å². The monoisotopic (exact) mass is 307 g/mol. The molecule has 2 atom stereocenters. The third kappa shape index (κ3) is 3.63. The first-order valence-electron chi connectivity index (χ1n) is 7.24. The van der Waals surface area contributed by atoms with Crippen LogP contribution >= 0.6 is 22.9 Å². The van der Waals surface area contributed by atoms with Gasteiger partial charge in [-0.2, -0.15) is 0 Å². The van der Waals surface area contributed by atoms with Crippen LogP contribution in [0.3, 0.4) is 0 Å². The lowest BCUT2D eigenvalue weighted by molar-refractivity contribution is 0.638. The van der Waals surface area contributed by atoms with Crippen molar-refractivity contribution in [3.05, 3.63) is 56.7 Å². The first-order valence-corrected chi connectivity index (χ1v) is 8.43. The van der Waals surface area contributed by atoms with Crippen LogP contribution in [0.4, 0.5) is 0 Å². The second-order valence-electron chi connectivity index (χ2n) is 5.11. The number of nitrogens with one attached hydrogen (secondary N) is 1. The number of rotatable bonds is 6. The highest BCUT2D eigenvalue weighted by Crippen LogP contribution is 2.31. The summed E-state index contributed by atoms with van der Waals surface area (Å²) in [6, 6.07) is 13.3. The van der Waals surface area contributed by atoms with Crippen LogP contribution < -0.4 is 5.32 Å². The first-order chi connectivity index (χ1) is 9.65. The normalized spacial score (nSPS) is 14.2. The Bertz CT molecular complexity index is 532. The van der Waals surface area contributed by atoms with E-state index in [9.17, 15) is 0 Å². The summed E-state index contributed by atoms with van der Waals surface area (Å²) in [6.07, 6.45) is 1.18. The van der Waals surface area contributed by atoms with Gasteiger partial charge in [0, 0.05) is 4.88 Å². The summed E-state index contributed by atoms with van der Waals surface area (Å²) in [5, 5.41) is 3.54. The zero-order valence-corrected chi connectivity index (χ0v) is 13.9. The van der Waals surface area contributed by atoms with Crippen molar-refractivity contribution in [2.45, 2.75) is 39.2 Å². The minimum absolute atomic E-state index is 0.239. The number of hydrogen-bond acceptors (Lipinski definition) is 2. The van der Waals surface area contributed by atoms with E-state index < -0.39 is 0 Å². The zero-order chi connectivity index (χ0) is 14.5. The topological polar surface area (TPSA) is 12.0 Å². The molecule has 0 aliphatic rings. The molecule has 3 heteroatoms. The van der Waals surface area contributed by atoms with E-state index in [-0.39, 0.29) is 6.04 Å². The van der Waals surface area contributed by atoms with Crippen LogP contribution in [0.15, 0.2) is 36.4 Å². The third-order valence-electron chi connectivity index (χ3n) is 3.74. The Kier molecular flexibility index (Phi) is 5.64. The minimum atomic E-state index is 0.239. The van der Waals surface area contributed by atoms with Crippen molar-refractivity contribution in [2.24, 2.45) is 0 Å². The van der Waals surface area contributed by atoms with Crippen molar-refractivity contribution >= 4 is 22.9 Å². The highest BCUT2D eigenvalue weighted by Gasteiger charge is 2.15. The molecule has 1 N–H and O–H groups in total. The van der Waals surface area contributed by atoms with Crippen LogP contribution in [0.25, 0.3) is 0 Å². The van der Waals surface area contributed by atoms with Gasteiger partial charge in [0.05, 0.1) is 10.4 Å². The highest BCUT2D eigenvalue weighted by molar-refractivity contribution is 7.16. The fraction of sp³-hybridized carbons (Fsp3) is 0.412. The molecule has 1 heterocycles. The summed E-state index contributed by atoms with van der Waals surface area (Å²) in [5.74, 6) is 0.623. The van der Waals surface area contributed by atoms with Gasteiger partial charge < -0.3 is 5.32 Å². The Morgan fingerprint density at radius 3 is 2.20 bits per heavy atom. The van der Waals surface area contributed by atoms with Crippen molar-refractivity contribution in [2.75, 3.05) is 6.54 Å². The maximum atomic E-state index is 6.07. The molecule has 0 bridgehead atoms. The van der Waals surface area contributed by atoms with Gasteiger partial charge in [0.1, 0.15) is 0 Å². The standard InChI is InChI=1S/C17H22ClNS/c1-4-12(3)13-6-8-14(9-7-13)17(19-5-2)15-10-11-16(18)20-15/h6-12,17,19H,4-5H2,1-3H3. The molecule has 0 radical (unpaired) electrons. The van der Waals surface area contributed by atoms with Gasteiger partial charge in [0.15, 0.2) is 0 Å².